The molecule has 282 valence electrons. The lowest BCUT2D eigenvalue weighted by atomic mass is 10.1. The normalized spacial score (nSPS) is 14.8. The second-order valence-corrected chi connectivity index (χ2v) is 14.6. The zero-order valence-electron chi connectivity index (χ0n) is 31.6. The van der Waals surface area contributed by atoms with Crippen LogP contribution in [-0.2, 0) is 27.9 Å². The third kappa shape index (κ3) is 37.0. The van der Waals surface area contributed by atoms with Crippen LogP contribution in [0.2, 0.25) is 0 Å². The van der Waals surface area contributed by atoms with E-state index in [0.29, 0.717) is 24.1 Å². The number of likely N-dealkylation sites (N-methyl/N-ethyl adjacent to an activating group) is 1. The summed E-state index contributed by atoms with van der Waals surface area (Å²) >= 11 is 0. The standard InChI is InChI=1S/C40H70NO7P/c1-6-8-10-12-14-16-17-18-19-20-21-22-23-24-25-26-27-29-31-33-40(42)48-39(37-45-35-32-30-28-15-13-11-9-7-2)38-47-49(43,44)46-36-34-41(3,4)5/h8,10,14,16,18-19,21-22,24-25,27,29,39H,6-7,9,11-13,15,17,20,23,26,28,30-38H2,1-5H3/b10-8-,16-14-,19-18-,22-21-,25-24-,29-27-. The van der Waals surface area contributed by atoms with Crippen LogP contribution in [0.3, 0.4) is 0 Å². The third-order valence-corrected chi connectivity index (χ3v) is 8.25. The first kappa shape index (κ1) is 46.9. The van der Waals surface area contributed by atoms with Gasteiger partial charge in [-0.2, -0.15) is 0 Å². The maximum Gasteiger partial charge on any atom is 0.306 e. The van der Waals surface area contributed by atoms with E-state index in [9.17, 15) is 14.3 Å². The van der Waals surface area contributed by atoms with E-state index in [1.165, 1.54) is 38.5 Å². The number of esters is 1. The minimum Gasteiger partial charge on any atom is -0.756 e. The van der Waals surface area contributed by atoms with Crippen molar-refractivity contribution in [1.29, 1.82) is 0 Å². The van der Waals surface area contributed by atoms with Crippen LogP contribution in [0.5, 0.6) is 0 Å². The Kier molecular flexibility index (Phi) is 31.7. The minimum absolute atomic E-state index is 0.00956. The molecule has 0 amide bonds. The first-order valence-electron chi connectivity index (χ1n) is 18.7. The van der Waals surface area contributed by atoms with Crippen LogP contribution < -0.4 is 4.89 Å². The fraction of sp³-hybridized carbons (Fsp3) is 0.675. The van der Waals surface area contributed by atoms with Crippen molar-refractivity contribution in [3.05, 3.63) is 72.9 Å². The molecule has 9 heteroatoms. The van der Waals surface area contributed by atoms with Gasteiger partial charge in [0.25, 0.3) is 7.82 Å². The molecule has 0 aliphatic rings. The van der Waals surface area contributed by atoms with E-state index in [1.807, 2.05) is 33.3 Å². The molecule has 0 aliphatic carbocycles. The molecule has 2 atom stereocenters. The molecule has 0 spiro atoms. The molecule has 0 heterocycles. The van der Waals surface area contributed by atoms with Gasteiger partial charge >= 0.3 is 5.97 Å². The van der Waals surface area contributed by atoms with Crippen molar-refractivity contribution in [3.8, 4) is 0 Å². The van der Waals surface area contributed by atoms with E-state index in [1.54, 1.807) is 0 Å². The van der Waals surface area contributed by atoms with Gasteiger partial charge in [0.2, 0.25) is 0 Å². The lowest BCUT2D eigenvalue weighted by Crippen LogP contribution is -2.37. The van der Waals surface area contributed by atoms with Crippen LogP contribution in [0.1, 0.15) is 117 Å². The lowest BCUT2D eigenvalue weighted by molar-refractivity contribution is -0.870. The van der Waals surface area contributed by atoms with Crippen LogP contribution >= 0.6 is 7.82 Å². The van der Waals surface area contributed by atoms with E-state index in [4.69, 9.17) is 18.5 Å². The molecule has 0 radical (unpaired) electrons. The molecular formula is C40H70NO7P. The van der Waals surface area contributed by atoms with E-state index >= 15 is 0 Å². The Labute approximate surface area is 300 Å². The fourth-order valence-electron chi connectivity index (χ4n) is 4.39. The summed E-state index contributed by atoms with van der Waals surface area (Å²) in [7, 11) is 1.30. The Morgan fingerprint density at radius 2 is 1.14 bits per heavy atom. The van der Waals surface area contributed by atoms with Crippen LogP contribution in [-0.4, -0.2) is 70.7 Å². The summed E-state index contributed by atoms with van der Waals surface area (Å²) < 4.78 is 34.2. The van der Waals surface area contributed by atoms with E-state index in [2.05, 4.69) is 74.6 Å². The fourth-order valence-corrected chi connectivity index (χ4v) is 5.12. The molecule has 2 unspecified atom stereocenters. The van der Waals surface area contributed by atoms with E-state index < -0.39 is 19.9 Å². The number of carbonyl (C=O) groups is 1. The Balaban J connectivity index is 4.43. The number of hydrogen-bond donors (Lipinski definition) is 0. The van der Waals surface area contributed by atoms with Crippen molar-refractivity contribution >= 4 is 13.8 Å². The highest BCUT2D eigenvalue weighted by Crippen LogP contribution is 2.38. The van der Waals surface area contributed by atoms with Gasteiger partial charge in [0.15, 0.2) is 0 Å². The van der Waals surface area contributed by atoms with Gasteiger partial charge in [-0.1, -0.05) is 132 Å². The molecule has 0 saturated carbocycles. The second kappa shape index (κ2) is 33.1. The zero-order chi connectivity index (χ0) is 36.3. The molecule has 0 fully saturated rings. The number of ether oxygens (including phenoxy) is 2. The average Bonchev–Trinajstić information content (AvgIpc) is 3.04. The quantitative estimate of drug-likeness (QED) is 0.0220. The first-order chi connectivity index (χ1) is 23.6. The van der Waals surface area contributed by atoms with E-state index in [0.717, 1.165) is 51.4 Å². The number of phosphoric ester groups is 1. The summed E-state index contributed by atoms with van der Waals surface area (Å²) in [6.45, 7) is 5.13. The molecule has 0 aromatic heterocycles. The third-order valence-electron chi connectivity index (χ3n) is 7.29. The molecule has 0 bridgehead atoms. The minimum atomic E-state index is -4.53. The zero-order valence-corrected chi connectivity index (χ0v) is 32.5. The van der Waals surface area contributed by atoms with E-state index in [-0.39, 0.29) is 26.2 Å². The Morgan fingerprint density at radius 3 is 1.65 bits per heavy atom. The molecule has 0 aliphatic heterocycles. The highest BCUT2D eigenvalue weighted by Gasteiger charge is 2.20. The highest BCUT2D eigenvalue weighted by molar-refractivity contribution is 7.45. The van der Waals surface area contributed by atoms with Crippen molar-refractivity contribution in [1.82, 2.24) is 0 Å². The summed E-state index contributed by atoms with van der Waals surface area (Å²) in [5, 5.41) is 0. The maximum absolute atomic E-state index is 12.5. The van der Waals surface area contributed by atoms with Crippen molar-refractivity contribution in [2.24, 2.45) is 0 Å². The van der Waals surface area contributed by atoms with Gasteiger partial charge in [-0.15, -0.1) is 0 Å². The Morgan fingerprint density at radius 1 is 0.653 bits per heavy atom. The number of unbranched alkanes of at least 4 members (excludes halogenated alkanes) is 7. The summed E-state index contributed by atoms with van der Waals surface area (Å²) in [6, 6.07) is 0. The number of rotatable bonds is 33. The van der Waals surface area contributed by atoms with Crippen molar-refractivity contribution in [3.63, 3.8) is 0 Å². The maximum atomic E-state index is 12.5. The van der Waals surface area contributed by atoms with Crippen LogP contribution in [0.4, 0.5) is 0 Å². The van der Waals surface area contributed by atoms with Crippen molar-refractivity contribution < 1.29 is 37.3 Å². The van der Waals surface area contributed by atoms with Crippen LogP contribution in [0.15, 0.2) is 72.9 Å². The largest absolute Gasteiger partial charge is 0.756 e. The van der Waals surface area contributed by atoms with Crippen LogP contribution in [0.25, 0.3) is 0 Å². The summed E-state index contributed by atoms with van der Waals surface area (Å²) in [5.41, 5.74) is 0. The topological polar surface area (TPSA) is 94.1 Å². The molecule has 0 rings (SSSR count). The number of carbonyl (C=O) groups excluding carboxylic acids is 1. The predicted octanol–water partition coefficient (Wildman–Crippen LogP) is 9.74. The number of nitrogens with zero attached hydrogens (tertiary/aromatic N) is 1. The highest BCUT2D eigenvalue weighted by atomic mass is 31.2. The van der Waals surface area contributed by atoms with Crippen LogP contribution in [0, 0.1) is 0 Å². The molecule has 0 aromatic rings. The average molecular weight is 708 g/mol. The number of hydrogen-bond acceptors (Lipinski definition) is 7. The molecule has 49 heavy (non-hydrogen) atoms. The van der Waals surface area contributed by atoms with Gasteiger partial charge in [-0.05, 0) is 51.4 Å². The SMILES string of the molecule is CC/C=C\C/C=C\C/C=C\C/C=C\C/C=C\C/C=C\CCC(=O)OC(COCCCCCCCCCC)COP(=O)([O-])OCC[N+](C)(C)C. The monoisotopic (exact) mass is 707 g/mol. The molecular weight excluding hydrogens is 637 g/mol. The van der Waals surface area contributed by atoms with Gasteiger partial charge in [-0.3, -0.25) is 9.36 Å². The lowest BCUT2D eigenvalue weighted by Gasteiger charge is -2.28. The summed E-state index contributed by atoms with van der Waals surface area (Å²) in [4.78, 5) is 24.8. The first-order valence-corrected chi connectivity index (χ1v) is 20.1. The molecule has 0 saturated heterocycles. The Hall–Kier alpha value is -2.06. The second-order valence-electron chi connectivity index (χ2n) is 13.2. The van der Waals surface area contributed by atoms with Gasteiger partial charge in [-0.25, -0.2) is 0 Å². The smallest absolute Gasteiger partial charge is 0.306 e. The summed E-state index contributed by atoms with van der Waals surface area (Å²) in [6.07, 6.45) is 40.8. The molecule has 0 N–H and O–H groups in total. The Bertz CT molecular complexity index is 1010. The molecule has 0 aromatic carbocycles. The molecule has 8 nitrogen and oxygen atoms in total. The predicted molar refractivity (Wildman–Crippen MR) is 203 cm³/mol. The van der Waals surface area contributed by atoms with Gasteiger partial charge in [0, 0.05) is 13.0 Å². The number of quaternary nitrogens is 1. The number of allylic oxidation sites excluding steroid dienone is 12. The van der Waals surface area contributed by atoms with Gasteiger partial charge in [0.1, 0.15) is 19.3 Å². The summed E-state index contributed by atoms with van der Waals surface area (Å²) in [5.74, 6) is -0.421. The van der Waals surface area contributed by atoms with Crippen molar-refractivity contribution in [2.75, 3.05) is 54.1 Å². The van der Waals surface area contributed by atoms with Gasteiger partial charge < -0.3 is 27.9 Å². The number of phosphoric acid groups is 1. The van der Waals surface area contributed by atoms with Crippen molar-refractivity contribution in [2.45, 2.75) is 123 Å². The van der Waals surface area contributed by atoms with Gasteiger partial charge in [0.05, 0.1) is 34.4 Å².